The van der Waals surface area contributed by atoms with Crippen molar-refractivity contribution in [3.63, 3.8) is 0 Å². The first-order chi connectivity index (χ1) is 19.2. The van der Waals surface area contributed by atoms with E-state index < -0.39 is 13.9 Å². The van der Waals surface area contributed by atoms with Crippen molar-refractivity contribution in [3.05, 3.63) is 150 Å². The van der Waals surface area contributed by atoms with Crippen LogP contribution >= 0.6 is 0 Å². The first kappa shape index (κ1) is 29.3. The largest absolute Gasteiger partial charge is 0.543 e. The van der Waals surface area contributed by atoms with Gasteiger partial charge in [-0.25, -0.2) is 0 Å². The van der Waals surface area contributed by atoms with Crippen LogP contribution in [0.25, 0.3) is 0 Å². The van der Waals surface area contributed by atoms with E-state index in [1.54, 1.807) is 6.08 Å². The average Bonchev–Trinajstić information content (AvgIpc) is 2.96. The molecular formula is C36H41NO2Si. The van der Waals surface area contributed by atoms with Crippen LogP contribution in [0.1, 0.15) is 43.0 Å². The predicted octanol–water partition coefficient (Wildman–Crippen LogP) is 8.32. The second kappa shape index (κ2) is 12.6. The standard InChI is InChI=1S/C36H41NO2Si/c1-35(2,3)40(4,5)39-34-26-16-15-18-29(34)28-33(25-17-27-38)37-36(30-19-9-6-10-20-30,31-21-11-7-12-22-31)32-23-13-8-14-24-32/h6-27,33,37H,28H2,1-5H3/b25-17+/t33-/m0/s1. The summed E-state index contributed by atoms with van der Waals surface area (Å²) >= 11 is 0. The molecule has 0 fully saturated rings. The Labute approximate surface area is 241 Å². The fourth-order valence-corrected chi connectivity index (χ4v) is 5.93. The van der Waals surface area contributed by atoms with E-state index in [4.69, 9.17) is 4.43 Å². The van der Waals surface area contributed by atoms with Gasteiger partial charge < -0.3 is 4.43 Å². The molecule has 0 aliphatic carbocycles. The molecule has 0 saturated carbocycles. The Hall–Kier alpha value is -3.73. The third-order valence-electron chi connectivity index (χ3n) is 8.03. The van der Waals surface area contributed by atoms with Crippen LogP contribution in [0.2, 0.25) is 18.1 Å². The van der Waals surface area contributed by atoms with E-state index in [2.05, 4.69) is 130 Å². The van der Waals surface area contributed by atoms with Gasteiger partial charge >= 0.3 is 0 Å². The molecule has 1 atom stereocenters. The molecule has 0 heterocycles. The van der Waals surface area contributed by atoms with Gasteiger partial charge in [0.2, 0.25) is 8.32 Å². The van der Waals surface area contributed by atoms with Crippen LogP contribution in [0, 0.1) is 0 Å². The number of aldehydes is 1. The molecular weight excluding hydrogens is 506 g/mol. The van der Waals surface area contributed by atoms with Crippen molar-refractivity contribution in [1.82, 2.24) is 5.32 Å². The predicted molar refractivity (Wildman–Crippen MR) is 169 cm³/mol. The molecule has 0 aliphatic rings. The third-order valence-corrected chi connectivity index (χ3v) is 12.4. The Morgan fingerprint density at radius 1 is 0.725 bits per heavy atom. The van der Waals surface area contributed by atoms with Gasteiger partial charge in [0.15, 0.2) is 0 Å². The molecule has 4 aromatic carbocycles. The molecule has 4 heteroatoms. The number of carbonyl (C=O) groups excluding carboxylic acids is 1. The summed E-state index contributed by atoms with van der Waals surface area (Å²) in [4.78, 5) is 11.6. The van der Waals surface area contributed by atoms with Crippen LogP contribution < -0.4 is 9.74 Å². The van der Waals surface area contributed by atoms with E-state index in [9.17, 15) is 4.79 Å². The summed E-state index contributed by atoms with van der Waals surface area (Å²) in [7, 11) is -2.05. The maximum Gasteiger partial charge on any atom is 0.250 e. The van der Waals surface area contributed by atoms with Gasteiger partial charge in [-0.05, 0) is 58.9 Å². The van der Waals surface area contributed by atoms with Crippen LogP contribution in [0.3, 0.4) is 0 Å². The molecule has 0 spiro atoms. The molecule has 0 radical (unpaired) electrons. The molecule has 4 rings (SSSR count). The number of allylic oxidation sites excluding steroid dienone is 1. The van der Waals surface area contributed by atoms with Crippen molar-refractivity contribution in [1.29, 1.82) is 0 Å². The van der Waals surface area contributed by atoms with Crippen molar-refractivity contribution in [2.24, 2.45) is 0 Å². The van der Waals surface area contributed by atoms with Crippen molar-refractivity contribution >= 4 is 14.6 Å². The Morgan fingerprint density at radius 2 is 1.18 bits per heavy atom. The molecule has 206 valence electrons. The monoisotopic (exact) mass is 547 g/mol. The number of benzene rings is 4. The smallest absolute Gasteiger partial charge is 0.250 e. The van der Waals surface area contributed by atoms with Crippen molar-refractivity contribution in [2.45, 2.75) is 56.9 Å². The second-order valence-corrected chi connectivity index (χ2v) is 16.5. The normalized spacial score (nSPS) is 13.2. The molecule has 0 saturated heterocycles. The highest BCUT2D eigenvalue weighted by Crippen LogP contribution is 2.40. The molecule has 0 unspecified atom stereocenters. The van der Waals surface area contributed by atoms with Gasteiger partial charge in [-0.2, -0.15) is 0 Å². The minimum atomic E-state index is -2.05. The van der Waals surface area contributed by atoms with Crippen molar-refractivity contribution in [2.75, 3.05) is 0 Å². The number of carbonyl (C=O) groups is 1. The highest BCUT2D eigenvalue weighted by atomic mass is 28.4. The van der Waals surface area contributed by atoms with Gasteiger partial charge in [0.05, 0.1) is 5.54 Å². The van der Waals surface area contributed by atoms with E-state index in [-0.39, 0.29) is 11.1 Å². The van der Waals surface area contributed by atoms with Gasteiger partial charge in [0.25, 0.3) is 0 Å². The fourth-order valence-electron chi connectivity index (χ4n) is 4.88. The molecule has 0 aliphatic heterocycles. The van der Waals surface area contributed by atoms with E-state index in [0.717, 1.165) is 34.3 Å². The summed E-state index contributed by atoms with van der Waals surface area (Å²) in [6.45, 7) is 11.3. The molecule has 0 aromatic heterocycles. The first-order valence-electron chi connectivity index (χ1n) is 14.0. The highest BCUT2D eigenvalue weighted by Gasteiger charge is 2.40. The quantitative estimate of drug-likeness (QED) is 0.0888. The van der Waals surface area contributed by atoms with Crippen LogP contribution in [-0.4, -0.2) is 20.6 Å². The molecule has 0 amide bonds. The molecule has 40 heavy (non-hydrogen) atoms. The van der Waals surface area contributed by atoms with E-state index in [1.165, 1.54) is 0 Å². The summed E-state index contributed by atoms with van der Waals surface area (Å²) in [5.74, 6) is 0.921. The third kappa shape index (κ3) is 6.52. The Bertz CT molecular complexity index is 1300. The Balaban J connectivity index is 1.84. The van der Waals surface area contributed by atoms with Crippen molar-refractivity contribution in [3.8, 4) is 5.75 Å². The van der Waals surface area contributed by atoms with Crippen LogP contribution in [0.5, 0.6) is 5.75 Å². The zero-order valence-electron chi connectivity index (χ0n) is 24.3. The topological polar surface area (TPSA) is 38.3 Å². The lowest BCUT2D eigenvalue weighted by Gasteiger charge is -2.40. The second-order valence-electron chi connectivity index (χ2n) is 11.8. The highest BCUT2D eigenvalue weighted by molar-refractivity contribution is 6.74. The summed E-state index contributed by atoms with van der Waals surface area (Å²) < 4.78 is 6.80. The Morgan fingerprint density at radius 3 is 1.62 bits per heavy atom. The lowest BCUT2D eigenvalue weighted by Crippen LogP contribution is -2.50. The van der Waals surface area contributed by atoms with E-state index in [0.29, 0.717) is 6.42 Å². The van der Waals surface area contributed by atoms with Gasteiger partial charge in [-0.15, -0.1) is 0 Å². The molecule has 0 bridgehead atoms. The number of para-hydroxylation sites is 1. The van der Waals surface area contributed by atoms with Gasteiger partial charge in [-0.3, -0.25) is 10.1 Å². The van der Waals surface area contributed by atoms with Crippen molar-refractivity contribution < 1.29 is 9.22 Å². The van der Waals surface area contributed by atoms with Crippen LogP contribution in [0.4, 0.5) is 0 Å². The summed E-state index contributed by atoms with van der Waals surface area (Å²) in [6, 6.07) is 39.8. The fraction of sp³-hybridized carbons (Fsp3) is 0.250. The minimum absolute atomic E-state index is 0.0816. The molecule has 1 N–H and O–H groups in total. The van der Waals surface area contributed by atoms with E-state index in [1.807, 2.05) is 30.3 Å². The SMILES string of the molecule is CC(C)(C)[Si](C)(C)Oc1ccccc1C[C@H](/C=C/C=O)NC(c1ccccc1)(c1ccccc1)c1ccccc1. The van der Waals surface area contributed by atoms with Gasteiger partial charge in [0.1, 0.15) is 12.0 Å². The maximum absolute atomic E-state index is 11.6. The summed E-state index contributed by atoms with van der Waals surface area (Å²) in [6.07, 6.45) is 5.08. The van der Waals surface area contributed by atoms with Gasteiger partial charge in [0, 0.05) is 6.04 Å². The molecule has 3 nitrogen and oxygen atoms in total. The number of hydrogen-bond donors (Lipinski definition) is 1. The number of nitrogens with one attached hydrogen (secondary N) is 1. The minimum Gasteiger partial charge on any atom is -0.543 e. The molecule has 4 aromatic rings. The summed E-state index contributed by atoms with van der Waals surface area (Å²) in [5.41, 5.74) is 3.84. The average molecular weight is 548 g/mol. The number of hydrogen-bond acceptors (Lipinski definition) is 3. The first-order valence-corrected chi connectivity index (χ1v) is 16.9. The summed E-state index contributed by atoms with van der Waals surface area (Å²) in [5, 5.41) is 4.11. The van der Waals surface area contributed by atoms with Crippen LogP contribution in [0.15, 0.2) is 127 Å². The van der Waals surface area contributed by atoms with Gasteiger partial charge in [-0.1, -0.05) is 136 Å². The Kier molecular flexibility index (Phi) is 9.24. The maximum atomic E-state index is 11.6. The lowest BCUT2D eigenvalue weighted by molar-refractivity contribution is -0.104. The number of rotatable bonds is 11. The zero-order chi connectivity index (χ0) is 28.6. The zero-order valence-corrected chi connectivity index (χ0v) is 25.3. The van der Waals surface area contributed by atoms with Crippen LogP contribution in [-0.2, 0) is 16.8 Å². The lowest BCUT2D eigenvalue weighted by atomic mass is 9.76. The van der Waals surface area contributed by atoms with E-state index >= 15 is 0 Å².